The van der Waals surface area contributed by atoms with Crippen LogP contribution in [0.3, 0.4) is 0 Å². The van der Waals surface area contributed by atoms with E-state index in [2.05, 4.69) is 15.2 Å². The van der Waals surface area contributed by atoms with Crippen molar-refractivity contribution >= 4 is 23.5 Å². The van der Waals surface area contributed by atoms with Crippen LogP contribution in [0.25, 0.3) is 0 Å². The highest BCUT2D eigenvalue weighted by atomic mass is 16.6. The van der Waals surface area contributed by atoms with Crippen molar-refractivity contribution in [1.82, 2.24) is 9.88 Å². The number of aromatic nitrogens is 1. The van der Waals surface area contributed by atoms with E-state index in [-0.39, 0.29) is 12.0 Å². The number of rotatable bonds is 4. The molecule has 7 nitrogen and oxygen atoms in total. The summed E-state index contributed by atoms with van der Waals surface area (Å²) in [6, 6.07) is 9.54. The zero-order valence-corrected chi connectivity index (χ0v) is 16.6. The lowest BCUT2D eigenvalue weighted by molar-refractivity contribution is 0.102. The molecule has 1 aliphatic heterocycles. The average molecular weight is 382 g/mol. The molecule has 1 saturated heterocycles. The van der Waals surface area contributed by atoms with Gasteiger partial charge in [0.05, 0.1) is 12.2 Å². The molecule has 1 fully saturated rings. The molecular formula is C21H26N4O3. The first-order valence-electron chi connectivity index (χ1n) is 9.50. The number of aryl methyl sites for hydroxylation is 2. The molecule has 2 aromatic rings. The molecule has 148 valence electrons. The van der Waals surface area contributed by atoms with Crippen molar-refractivity contribution in [3.8, 4) is 0 Å². The van der Waals surface area contributed by atoms with Gasteiger partial charge in [-0.25, -0.2) is 9.78 Å². The summed E-state index contributed by atoms with van der Waals surface area (Å²) in [6.45, 7) is 8.67. The topological polar surface area (TPSA) is 74.8 Å². The van der Waals surface area contributed by atoms with Gasteiger partial charge in [0.1, 0.15) is 5.82 Å². The molecule has 7 heteroatoms. The molecule has 0 radical (unpaired) electrons. The van der Waals surface area contributed by atoms with Crippen LogP contribution in [0.15, 0.2) is 36.5 Å². The van der Waals surface area contributed by atoms with Crippen LogP contribution >= 0.6 is 0 Å². The van der Waals surface area contributed by atoms with Crippen LogP contribution < -0.4 is 10.2 Å². The maximum atomic E-state index is 12.6. The number of hydrogen-bond acceptors (Lipinski definition) is 5. The van der Waals surface area contributed by atoms with Crippen molar-refractivity contribution in [3.63, 3.8) is 0 Å². The van der Waals surface area contributed by atoms with E-state index in [0.29, 0.717) is 38.3 Å². The van der Waals surface area contributed by atoms with Crippen molar-refractivity contribution in [2.45, 2.75) is 20.8 Å². The fourth-order valence-corrected chi connectivity index (χ4v) is 3.24. The van der Waals surface area contributed by atoms with E-state index in [0.717, 1.165) is 22.6 Å². The second-order valence-corrected chi connectivity index (χ2v) is 6.80. The van der Waals surface area contributed by atoms with Gasteiger partial charge in [-0.05, 0) is 44.0 Å². The van der Waals surface area contributed by atoms with E-state index in [1.165, 1.54) is 0 Å². The summed E-state index contributed by atoms with van der Waals surface area (Å²) < 4.78 is 5.04. The third-order valence-corrected chi connectivity index (χ3v) is 4.86. The Morgan fingerprint density at radius 3 is 2.32 bits per heavy atom. The molecule has 1 aliphatic rings. The number of amides is 2. The Labute approximate surface area is 165 Å². The third-order valence-electron chi connectivity index (χ3n) is 4.86. The first-order chi connectivity index (χ1) is 13.5. The molecule has 0 atom stereocenters. The van der Waals surface area contributed by atoms with Crippen molar-refractivity contribution in [2.24, 2.45) is 0 Å². The van der Waals surface area contributed by atoms with Crippen molar-refractivity contribution in [1.29, 1.82) is 0 Å². The van der Waals surface area contributed by atoms with Crippen LogP contribution in [0.4, 0.5) is 16.3 Å². The summed E-state index contributed by atoms with van der Waals surface area (Å²) >= 11 is 0. The van der Waals surface area contributed by atoms with Crippen molar-refractivity contribution in [2.75, 3.05) is 43.0 Å². The summed E-state index contributed by atoms with van der Waals surface area (Å²) in [5.74, 6) is 0.621. The van der Waals surface area contributed by atoms with Crippen molar-refractivity contribution < 1.29 is 14.3 Å². The Bertz CT molecular complexity index is 823. The number of piperazine rings is 1. The molecule has 2 heterocycles. The molecule has 0 saturated carbocycles. The molecular weight excluding hydrogens is 356 g/mol. The minimum absolute atomic E-state index is 0.177. The normalized spacial score (nSPS) is 14.0. The van der Waals surface area contributed by atoms with Gasteiger partial charge in [0.15, 0.2) is 0 Å². The standard InChI is InChI=1S/C21H26N4O3/c1-4-28-21(27)25-12-10-24(11-13-25)18-9-8-17(14-22-18)20(26)23-19-15(2)6-5-7-16(19)3/h5-9,14H,4,10-13H2,1-3H3,(H,23,26). The maximum absolute atomic E-state index is 12.6. The largest absolute Gasteiger partial charge is 0.450 e. The number of carbonyl (C=O) groups is 2. The predicted molar refractivity (Wildman–Crippen MR) is 109 cm³/mol. The molecule has 3 rings (SSSR count). The molecule has 0 unspecified atom stereocenters. The Morgan fingerprint density at radius 2 is 1.75 bits per heavy atom. The lowest BCUT2D eigenvalue weighted by Gasteiger charge is -2.34. The second-order valence-electron chi connectivity index (χ2n) is 6.80. The number of nitrogens with zero attached hydrogens (tertiary/aromatic N) is 3. The number of carbonyl (C=O) groups excluding carboxylic acids is 2. The number of hydrogen-bond donors (Lipinski definition) is 1. The molecule has 1 aromatic carbocycles. The Morgan fingerprint density at radius 1 is 1.07 bits per heavy atom. The van der Waals surface area contributed by atoms with E-state index in [4.69, 9.17) is 4.74 Å². The highest BCUT2D eigenvalue weighted by Crippen LogP contribution is 2.21. The number of pyridine rings is 1. The number of para-hydroxylation sites is 1. The molecule has 1 aromatic heterocycles. The number of benzene rings is 1. The summed E-state index contributed by atoms with van der Waals surface area (Å²) in [5, 5.41) is 2.97. The molecule has 0 spiro atoms. The molecule has 28 heavy (non-hydrogen) atoms. The Hall–Kier alpha value is -3.09. The maximum Gasteiger partial charge on any atom is 0.409 e. The van der Waals surface area contributed by atoms with Crippen LogP contribution in [0.2, 0.25) is 0 Å². The number of nitrogens with one attached hydrogen (secondary N) is 1. The van der Waals surface area contributed by atoms with Crippen LogP contribution in [-0.2, 0) is 4.74 Å². The lowest BCUT2D eigenvalue weighted by atomic mass is 10.1. The number of anilines is 2. The van der Waals surface area contributed by atoms with Crippen LogP contribution in [0, 0.1) is 13.8 Å². The zero-order chi connectivity index (χ0) is 20.1. The van der Waals surface area contributed by atoms with Gasteiger partial charge in [-0.15, -0.1) is 0 Å². The fourth-order valence-electron chi connectivity index (χ4n) is 3.24. The Balaban J connectivity index is 1.61. The monoisotopic (exact) mass is 382 g/mol. The quantitative estimate of drug-likeness (QED) is 0.879. The van der Waals surface area contributed by atoms with E-state index in [1.807, 2.05) is 38.1 Å². The summed E-state index contributed by atoms with van der Waals surface area (Å²) in [6.07, 6.45) is 1.32. The predicted octanol–water partition coefficient (Wildman–Crippen LogP) is 3.23. The van der Waals surface area contributed by atoms with E-state index < -0.39 is 0 Å². The highest BCUT2D eigenvalue weighted by Gasteiger charge is 2.22. The van der Waals surface area contributed by atoms with Crippen LogP contribution in [0.1, 0.15) is 28.4 Å². The van der Waals surface area contributed by atoms with Crippen LogP contribution in [-0.4, -0.2) is 54.7 Å². The zero-order valence-electron chi connectivity index (χ0n) is 16.6. The van der Waals surface area contributed by atoms with Crippen LogP contribution in [0.5, 0.6) is 0 Å². The summed E-state index contributed by atoms with van der Waals surface area (Å²) in [7, 11) is 0. The average Bonchev–Trinajstić information content (AvgIpc) is 2.71. The van der Waals surface area contributed by atoms with E-state index >= 15 is 0 Å². The first-order valence-corrected chi connectivity index (χ1v) is 9.50. The van der Waals surface area contributed by atoms with Gasteiger partial charge >= 0.3 is 6.09 Å². The minimum Gasteiger partial charge on any atom is -0.450 e. The molecule has 0 bridgehead atoms. The molecule has 1 N–H and O–H groups in total. The Kier molecular flexibility index (Phi) is 6.13. The minimum atomic E-state index is -0.270. The number of ether oxygens (including phenoxy) is 1. The summed E-state index contributed by atoms with van der Waals surface area (Å²) in [5.41, 5.74) is 3.40. The SMILES string of the molecule is CCOC(=O)N1CCN(c2ccc(C(=O)Nc3c(C)cccc3C)cn2)CC1. The third kappa shape index (κ3) is 4.42. The molecule has 2 amide bonds. The van der Waals surface area contributed by atoms with Gasteiger partial charge in [-0.1, -0.05) is 18.2 Å². The van der Waals surface area contributed by atoms with Gasteiger partial charge in [-0.3, -0.25) is 4.79 Å². The second kappa shape index (κ2) is 8.73. The van der Waals surface area contributed by atoms with Gasteiger partial charge in [-0.2, -0.15) is 0 Å². The highest BCUT2D eigenvalue weighted by molar-refractivity contribution is 6.05. The van der Waals surface area contributed by atoms with E-state index in [9.17, 15) is 9.59 Å². The smallest absolute Gasteiger partial charge is 0.409 e. The first kappa shape index (κ1) is 19.7. The summed E-state index contributed by atoms with van der Waals surface area (Å²) in [4.78, 5) is 32.6. The molecule has 0 aliphatic carbocycles. The fraction of sp³-hybridized carbons (Fsp3) is 0.381. The van der Waals surface area contributed by atoms with E-state index in [1.54, 1.807) is 24.1 Å². The van der Waals surface area contributed by atoms with Crippen molar-refractivity contribution in [3.05, 3.63) is 53.2 Å². The van der Waals surface area contributed by atoms with Gasteiger partial charge < -0.3 is 19.9 Å². The van der Waals surface area contributed by atoms with Gasteiger partial charge in [0, 0.05) is 38.1 Å². The lowest BCUT2D eigenvalue weighted by Crippen LogP contribution is -2.49. The van der Waals surface area contributed by atoms with Gasteiger partial charge in [0.2, 0.25) is 0 Å². The van der Waals surface area contributed by atoms with Gasteiger partial charge in [0.25, 0.3) is 5.91 Å².